The summed E-state index contributed by atoms with van der Waals surface area (Å²) in [5.74, 6) is 0.0340. The maximum absolute atomic E-state index is 12.6. The first-order chi connectivity index (χ1) is 10.5. The topological polar surface area (TPSA) is 80.9 Å². The molecule has 23 heavy (non-hydrogen) atoms. The van der Waals surface area contributed by atoms with Crippen LogP contribution in [0, 0.1) is 13.8 Å². The summed E-state index contributed by atoms with van der Waals surface area (Å²) < 4.78 is 42.7. The number of carbonyl (C=O) groups excluding carboxylic acids is 1. The second-order valence-electron chi connectivity index (χ2n) is 5.54. The van der Waals surface area contributed by atoms with Gasteiger partial charge in [0.2, 0.25) is 5.89 Å². The highest BCUT2D eigenvalue weighted by molar-refractivity contribution is 5.95. The Labute approximate surface area is 130 Å². The van der Waals surface area contributed by atoms with Crippen LogP contribution < -0.4 is 5.32 Å². The van der Waals surface area contributed by atoms with Crippen molar-refractivity contribution in [1.82, 2.24) is 20.4 Å². The number of nitrogens with zero attached hydrogens (tertiary/aromatic N) is 3. The van der Waals surface area contributed by atoms with Crippen molar-refractivity contribution >= 4 is 5.91 Å². The monoisotopic (exact) mass is 328 g/mol. The summed E-state index contributed by atoms with van der Waals surface area (Å²) in [4.78, 5) is 19.8. The minimum atomic E-state index is -4.55. The highest BCUT2D eigenvalue weighted by Gasteiger charge is 2.34. The Kier molecular flexibility index (Phi) is 4.14. The van der Waals surface area contributed by atoms with Crippen LogP contribution in [0.15, 0.2) is 16.7 Å². The summed E-state index contributed by atoms with van der Waals surface area (Å²) in [6.07, 6.45) is -4.55. The lowest BCUT2D eigenvalue weighted by molar-refractivity contribution is -0.141. The highest BCUT2D eigenvalue weighted by Crippen LogP contribution is 2.28. The molecule has 0 aliphatic rings. The molecule has 0 spiro atoms. The molecule has 0 bridgehead atoms. The van der Waals surface area contributed by atoms with Crippen LogP contribution in [-0.4, -0.2) is 21.0 Å². The van der Waals surface area contributed by atoms with Gasteiger partial charge in [-0.05, 0) is 32.9 Å². The Morgan fingerprint density at radius 1 is 1.17 bits per heavy atom. The van der Waals surface area contributed by atoms with Gasteiger partial charge in [-0.3, -0.25) is 4.79 Å². The van der Waals surface area contributed by atoms with Crippen LogP contribution in [-0.2, 0) is 11.7 Å². The molecular formula is C14H15F3N4O2. The molecule has 0 atom stereocenters. The zero-order chi connectivity index (χ0) is 17.4. The lowest BCUT2D eigenvalue weighted by Crippen LogP contribution is -2.42. The molecule has 2 aromatic rings. The lowest BCUT2D eigenvalue weighted by atomic mass is 10.0. The fourth-order valence-electron chi connectivity index (χ4n) is 1.92. The number of amides is 1. The lowest BCUT2D eigenvalue weighted by Gasteiger charge is -2.22. The first-order valence-electron chi connectivity index (χ1n) is 6.69. The highest BCUT2D eigenvalue weighted by atomic mass is 19.4. The van der Waals surface area contributed by atoms with E-state index in [1.54, 1.807) is 20.8 Å². The van der Waals surface area contributed by atoms with Crippen molar-refractivity contribution in [3.05, 3.63) is 40.8 Å². The van der Waals surface area contributed by atoms with Crippen LogP contribution in [0.5, 0.6) is 0 Å². The van der Waals surface area contributed by atoms with Crippen molar-refractivity contribution in [3.63, 3.8) is 0 Å². The van der Waals surface area contributed by atoms with Crippen LogP contribution in [0.4, 0.5) is 13.2 Å². The van der Waals surface area contributed by atoms with Crippen molar-refractivity contribution in [2.45, 2.75) is 39.4 Å². The van der Waals surface area contributed by atoms with Gasteiger partial charge in [0.05, 0.1) is 16.8 Å². The average Bonchev–Trinajstić information content (AvgIpc) is 2.84. The molecule has 1 amide bonds. The average molecular weight is 328 g/mol. The SMILES string of the molecule is Cc1nc(C(C)(C)NC(=O)c2ccc(C(F)(F)F)nc2C)no1. The number of halogens is 3. The molecule has 1 N–H and O–H groups in total. The zero-order valence-electron chi connectivity index (χ0n) is 12.9. The Morgan fingerprint density at radius 3 is 2.30 bits per heavy atom. The molecular weight excluding hydrogens is 313 g/mol. The van der Waals surface area contributed by atoms with Gasteiger partial charge in [-0.25, -0.2) is 4.98 Å². The Balaban J connectivity index is 2.24. The number of carbonyl (C=O) groups is 1. The number of nitrogens with one attached hydrogen (secondary N) is 1. The molecule has 124 valence electrons. The third kappa shape index (κ3) is 3.66. The third-order valence-electron chi connectivity index (χ3n) is 3.13. The number of aryl methyl sites for hydroxylation is 2. The molecule has 0 radical (unpaired) electrons. The Morgan fingerprint density at radius 2 is 1.83 bits per heavy atom. The first kappa shape index (κ1) is 16.9. The third-order valence-corrected chi connectivity index (χ3v) is 3.13. The van der Waals surface area contributed by atoms with Gasteiger partial charge in [0, 0.05) is 6.92 Å². The number of hydrogen-bond acceptors (Lipinski definition) is 5. The predicted octanol–water partition coefficient (Wildman–Crippen LogP) is 2.77. The predicted molar refractivity (Wildman–Crippen MR) is 73.5 cm³/mol. The van der Waals surface area contributed by atoms with Crippen LogP contribution >= 0.6 is 0 Å². The van der Waals surface area contributed by atoms with E-state index in [0.29, 0.717) is 5.89 Å². The second kappa shape index (κ2) is 5.64. The molecule has 0 unspecified atom stereocenters. The number of aromatic nitrogens is 3. The minimum absolute atomic E-state index is 0.0163. The quantitative estimate of drug-likeness (QED) is 0.937. The number of pyridine rings is 1. The van der Waals surface area contributed by atoms with E-state index < -0.39 is 23.3 Å². The maximum atomic E-state index is 12.6. The summed E-state index contributed by atoms with van der Waals surface area (Å²) in [6.45, 7) is 6.26. The van der Waals surface area contributed by atoms with Crippen molar-refractivity contribution in [1.29, 1.82) is 0 Å². The minimum Gasteiger partial charge on any atom is -0.340 e. The summed E-state index contributed by atoms with van der Waals surface area (Å²) in [5, 5.41) is 6.39. The van der Waals surface area contributed by atoms with Gasteiger partial charge in [0.25, 0.3) is 5.91 Å². The van der Waals surface area contributed by atoms with Gasteiger partial charge in [-0.15, -0.1) is 0 Å². The van der Waals surface area contributed by atoms with E-state index in [1.165, 1.54) is 6.92 Å². The van der Waals surface area contributed by atoms with Gasteiger partial charge in [-0.1, -0.05) is 5.16 Å². The second-order valence-corrected chi connectivity index (χ2v) is 5.54. The van der Waals surface area contributed by atoms with Crippen LogP contribution in [0.25, 0.3) is 0 Å². The smallest absolute Gasteiger partial charge is 0.340 e. The molecule has 9 heteroatoms. The van der Waals surface area contributed by atoms with Crippen LogP contribution in [0.1, 0.15) is 47.3 Å². The van der Waals surface area contributed by atoms with E-state index in [0.717, 1.165) is 12.1 Å². The van der Waals surface area contributed by atoms with E-state index in [2.05, 4.69) is 20.4 Å². The molecule has 0 saturated carbocycles. The molecule has 0 saturated heterocycles. The van der Waals surface area contributed by atoms with E-state index >= 15 is 0 Å². The van der Waals surface area contributed by atoms with E-state index in [9.17, 15) is 18.0 Å². The molecule has 0 aliphatic carbocycles. The molecule has 2 rings (SSSR count). The summed E-state index contributed by atoms with van der Waals surface area (Å²) in [5.41, 5.74) is -1.97. The zero-order valence-corrected chi connectivity index (χ0v) is 12.9. The van der Waals surface area contributed by atoms with Crippen molar-refractivity contribution in [3.8, 4) is 0 Å². The fraction of sp³-hybridized carbons (Fsp3) is 0.429. The summed E-state index contributed by atoms with van der Waals surface area (Å²) in [7, 11) is 0. The number of rotatable bonds is 3. The Hall–Kier alpha value is -2.45. The maximum Gasteiger partial charge on any atom is 0.433 e. The van der Waals surface area contributed by atoms with Gasteiger partial charge in [-0.2, -0.15) is 18.2 Å². The van der Waals surface area contributed by atoms with Crippen LogP contribution in [0.3, 0.4) is 0 Å². The summed E-state index contributed by atoms with van der Waals surface area (Å²) in [6, 6.07) is 1.87. The molecule has 0 aromatic carbocycles. The van der Waals surface area contributed by atoms with Crippen LogP contribution in [0.2, 0.25) is 0 Å². The molecule has 2 heterocycles. The Bertz CT molecular complexity index is 738. The normalized spacial score (nSPS) is 12.3. The van der Waals surface area contributed by atoms with Gasteiger partial charge in [0.1, 0.15) is 5.69 Å². The standard InChI is InChI=1S/C14H15F3N4O2/c1-7-9(5-6-10(18-7)14(15,16)17)11(22)20-13(3,4)12-19-8(2)23-21-12/h5-6H,1-4H3,(H,20,22). The van der Waals surface area contributed by atoms with E-state index in [4.69, 9.17) is 4.52 Å². The van der Waals surface area contributed by atoms with Crippen molar-refractivity contribution in [2.75, 3.05) is 0 Å². The molecule has 0 aliphatic heterocycles. The van der Waals surface area contributed by atoms with Gasteiger partial charge < -0.3 is 9.84 Å². The molecule has 0 fully saturated rings. The largest absolute Gasteiger partial charge is 0.433 e. The summed E-state index contributed by atoms with van der Waals surface area (Å²) >= 11 is 0. The van der Waals surface area contributed by atoms with Crippen molar-refractivity contribution < 1.29 is 22.5 Å². The van der Waals surface area contributed by atoms with Crippen molar-refractivity contribution in [2.24, 2.45) is 0 Å². The molecule has 2 aromatic heterocycles. The number of alkyl halides is 3. The van der Waals surface area contributed by atoms with E-state index in [1.807, 2.05) is 0 Å². The fourth-order valence-corrected chi connectivity index (χ4v) is 1.92. The van der Waals surface area contributed by atoms with Gasteiger partial charge >= 0.3 is 6.18 Å². The van der Waals surface area contributed by atoms with E-state index in [-0.39, 0.29) is 17.1 Å². The number of hydrogen-bond donors (Lipinski definition) is 1. The molecule has 6 nitrogen and oxygen atoms in total. The first-order valence-corrected chi connectivity index (χ1v) is 6.69. The van der Waals surface area contributed by atoms with Gasteiger partial charge in [0.15, 0.2) is 5.82 Å².